The van der Waals surface area contributed by atoms with Crippen LogP contribution in [0.4, 0.5) is 0 Å². The summed E-state index contributed by atoms with van der Waals surface area (Å²) in [4.78, 5) is 10.8. The normalized spacial score (nSPS) is 15.5. The largest absolute Gasteiger partial charge is 0.480 e. The molecule has 4 nitrogen and oxygen atoms in total. The zero-order valence-electron chi connectivity index (χ0n) is 9.41. The van der Waals surface area contributed by atoms with E-state index in [-0.39, 0.29) is 12.0 Å². The molecule has 0 saturated carbocycles. The molecule has 2 N–H and O–H groups in total. The Balaban J connectivity index is 3.96. The first-order valence-corrected chi connectivity index (χ1v) is 5.05. The molecule has 0 amide bonds. The molecule has 0 aliphatic heterocycles. The van der Waals surface area contributed by atoms with E-state index >= 15 is 0 Å². The van der Waals surface area contributed by atoms with Crippen molar-refractivity contribution in [3.8, 4) is 0 Å². The average Bonchev–Trinajstić information content (AvgIpc) is 2.09. The maximum Gasteiger partial charge on any atom is 0.320 e. The molecule has 0 bridgehead atoms. The molecular weight excluding hydrogens is 182 g/mol. The molecule has 0 radical (unpaired) electrons. The van der Waals surface area contributed by atoms with Crippen LogP contribution in [0.3, 0.4) is 0 Å². The molecule has 2 atom stereocenters. The van der Waals surface area contributed by atoms with Gasteiger partial charge in [-0.2, -0.15) is 0 Å². The Morgan fingerprint density at radius 1 is 1.43 bits per heavy atom. The third-order valence-corrected chi connectivity index (χ3v) is 1.97. The van der Waals surface area contributed by atoms with Gasteiger partial charge in [-0.15, -0.1) is 0 Å². The molecule has 84 valence electrons. The van der Waals surface area contributed by atoms with Crippen molar-refractivity contribution in [1.82, 2.24) is 5.32 Å². The van der Waals surface area contributed by atoms with Gasteiger partial charge in [0.25, 0.3) is 0 Å². The van der Waals surface area contributed by atoms with E-state index in [4.69, 9.17) is 9.84 Å². The maximum atomic E-state index is 10.8. The van der Waals surface area contributed by atoms with Gasteiger partial charge in [0, 0.05) is 12.6 Å². The van der Waals surface area contributed by atoms with E-state index in [0.29, 0.717) is 13.2 Å². The number of rotatable bonds is 7. The molecule has 0 heterocycles. The summed E-state index contributed by atoms with van der Waals surface area (Å²) >= 11 is 0. The molecule has 0 aromatic rings. The molecular formula is C10H21NO3. The van der Waals surface area contributed by atoms with Crippen molar-refractivity contribution >= 4 is 5.97 Å². The van der Waals surface area contributed by atoms with Crippen molar-refractivity contribution in [3.05, 3.63) is 0 Å². The van der Waals surface area contributed by atoms with Crippen molar-refractivity contribution in [2.24, 2.45) is 5.92 Å². The van der Waals surface area contributed by atoms with Gasteiger partial charge in [-0.25, -0.2) is 0 Å². The summed E-state index contributed by atoms with van der Waals surface area (Å²) in [5.74, 6) is -0.722. The summed E-state index contributed by atoms with van der Waals surface area (Å²) in [7, 11) is 0. The van der Waals surface area contributed by atoms with Gasteiger partial charge in [0.1, 0.15) is 6.04 Å². The van der Waals surface area contributed by atoms with E-state index in [1.54, 1.807) is 0 Å². The van der Waals surface area contributed by atoms with Crippen molar-refractivity contribution in [1.29, 1.82) is 0 Å². The van der Waals surface area contributed by atoms with Crippen molar-refractivity contribution in [2.45, 2.75) is 39.8 Å². The number of carboxylic acids is 1. The van der Waals surface area contributed by atoms with Crippen LogP contribution in [0.5, 0.6) is 0 Å². The lowest BCUT2D eigenvalue weighted by Crippen LogP contribution is -2.47. The Hall–Kier alpha value is -0.610. The first-order valence-electron chi connectivity index (χ1n) is 5.05. The van der Waals surface area contributed by atoms with Crippen LogP contribution in [-0.4, -0.2) is 36.4 Å². The molecule has 0 fully saturated rings. The molecule has 0 saturated heterocycles. The summed E-state index contributed by atoms with van der Waals surface area (Å²) in [6, 6.07) is -0.427. The Morgan fingerprint density at radius 3 is 2.36 bits per heavy atom. The second-order valence-electron chi connectivity index (χ2n) is 3.79. The van der Waals surface area contributed by atoms with Crippen LogP contribution >= 0.6 is 0 Å². The third kappa shape index (κ3) is 5.19. The number of carbonyl (C=O) groups is 1. The number of carboxylic acid groups (broad SMARTS) is 1. The zero-order chi connectivity index (χ0) is 11.1. The number of aliphatic carboxylic acids is 1. The summed E-state index contributed by atoms with van der Waals surface area (Å²) in [6.45, 7) is 8.83. The van der Waals surface area contributed by atoms with E-state index in [0.717, 1.165) is 0 Å². The monoisotopic (exact) mass is 203 g/mol. The Bertz CT molecular complexity index is 171. The first kappa shape index (κ1) is 13.4. The molecule has 0 aliphatic rings. The van der Waals surface area contributed by atoms with Crippen LogP contribution in [0.2, 0.25) is 0 Å². The molecule has 0 aromatic carbocycles. The van der Waals surface area contributed by atoms with Gasteiger partial charge in [0.15, 0.2) is 0 Å². The van der Waals surface area contributed by atoms with E-state index in [1.807, 2.05) is 27.7 Å². The Kier molecular flexibility index (Phi) is 6.49. The zero-order valence-corrected chi connectivity index (χ0v) is 9.41. The number of nitrogens with one attached hydrogen (secondary N) is 1. The minimum atomic E-state index is -0.802. The minimum Gasteiger partial charge on any atom is -0.480 e. The first-order chi connectivity index (χ1) is 6.49. The van der Waals surface area contributed by atoms with Gasteiger partial charge in [-0.05, 0) is 19.8 Å². The quantitative estimate of drug-likeness (QED) is 0.650. The van der Waals surface area contributed by atoms with Crippen LogP contribution in [0.15, 0.2) is 0 Å². The molecule has 0 rings (SSSR count). The van der Waals surface area contributed by atoms with E-state index in [9.17, 15) is 4.79 Å². The number of ether oxygens (including phenoxy) is 1. The topological polar surface area (TPSA) is 58.6 Å². The summed E-state index contributed by atoms with van der Waals surface area (Å²) in [6.07, 6.45) is 0. The van der Waals surface area contributed by atoms with E-state index in [1.165, 1.54) is 0 Å². The van der Waals surface area contributed by atoms with Gasteiger partial charge >= 0.3 is 5.97 Å². The number of hydrogen-bond acceptors (Lipinski definition) is 3. The van der Waals surface area contributed by atoms with Gasteiger partial charge in [0.05, 0.1) is 6.61 Å². The smallest absolute Gasteiger partial charge is 0.320 e. The van der Waals surface area contributed by atoms with Gasteiger partial charge < -0.3 is 9.84 Å². The lowest BCUT2D eigenvalue weighted by Gasteiger charge is -2.22. The number of hydrogen-bond donors (Lipinski definition) is 2. The van der Waals surface area contributed by atoms with E-state index < -0.39 is 12.0 Å². The van der Waals surface area contributed by atoms with Crippen LogP contribution in [-0.2, 0) is 9.53 Å². The fraction of sp³-hybridized carbons (Fsp3) is 0.900. The fourth-order valence-electron chi connectivity index (χ4n) is 1.20. The maximum absolute atomic E-state index is 10.8. The van der Waals surface area contributed by atoms with E-state index in [2.05, 4.69) is 5.32 Å². The molecule has 14 heavy (non-hydrogen) atoms. The predicted octanol–water partition coefficient (Wildman–Crippen LogP) is 1.11. The highest BCUT2D eigenvalue weighted by atomic mass is 16.5. The average molecular weight is 203 g/mol. The molecule has 0 aliphatic carbocycles. The summed E-state index contributed by atoms with van der Waals surface area (Å²) in [5.41, 5.74) is 0. The van der Waals surface area contributed by atoms with Gasteiger partial charge in [-0.1, -0.05) is 13.8 Å². The fourth-order valence-corrected chi connectivity index (χ4v) is 1.20. The lowest BCUT2D eigenvalue weighted by atomic mass is 10.0. The Labute approximate surface area is 85.6 Å². The molecule has 4 heteroatoms. The highest BCUT2D eigenvalue weighted by Crippen LogP contribution is 2.03. The highest BCUT2D eigenvalue weighted by molar-refractivity contribution is 5.73. The van der Waals surface area contributed by atoms with Crippen LogP contribution in [0.1, 0.15) is 27.7 Å². The second-order valence-corrected chi connectivity index (χ2v) is 3.79. The van der Waals surface area contributed by atoms with Crippen LogP contribution in [0.25, 0.3) is 0 Å². The highest BCUT2D eigenvalue weighted by Gasteiger charge is 2.22. The van der Waals surface area contributed by atoms with Gasteiger partial charge in [0.2, 0.25) is 0 Å². The third-order valence-electron chi connectivity index (χ3n) is 1.97. The SMILES string of the molecule is CCOCC(C)NC(C(=O)O)C(C)C. The van der Waals surface area contributed by atoms with Gasteiger partial charge in [-0.3, -0.25) is 10.1 Å². The van der Waals surface area contributed by atoms with Crippen LogP contribution in [0, 0.1) is 5.92 Å². The summed E-state index contributed by atoms with van der Waals surface area (Å²) in [5, 5.41) is 11.9. The molecule has 2 unspecified atom stereocenters. The molecule has 0 aromatic heterocycles. The van der Waals surface area contributed by atoms with Crippen molar-refractivity contribution in [3.63, 3.8) is 0 Å². The standard InChI is InChI=1S/C10H21NO3/c1-5-14-6-8(4)11-9(7(2)3)10(12)13/h7-9,11H,5-6H2,1-4H3,(H,12,13). The minimum absolute atomic E-state index is 0.0680. The van der Waals surface area contributed by atoms with Crippen LogP contribution < -0.4 is 5.32 Å². The van der Waals surface area contributed by atoms with Crippen molar-refractivity contribution < 1.29 is 14.6 Å². The Morgan fingerprint density at radius 2 is 2.00 bits per heavy atom. The molecule has 0 spiro atoms. The lowest BCUT2D eigenvalue weighted by molar-refractivity contribution is -0.141. The second kappa shape index (κ2) is 6.79. The van der Waals surface area contributed by atoms with Crippen molar-refractivity contribution in [2.75, 3.05) is 13.2 Å². The predicted molar refractivity (Wildman–Crippen MR) is 55.4 cm³/mol. The summed E-state index contributed by atoms with van der Waals surface area (Å²) < 4.78 is 5.20.